The molecule has 4 heterocycles. The normalized spacial score (nSPS) is 20.9. The molecule has 0 unspecified atom stereocenters. The van der Waals surface area contributed by atoms with E-state index < -0.39 is 0 Å². The van der Waals surface area contributed by atoms with Crippen LogP contribution in [0.25, 0.3) is 5.65 Å². The molecule has 2 fully saturated rings. The maximum atomic E-state index is 12.8. The highest BCUT2D eigenvalue weighted by molar-refractivity contribution is 5.95. The number of nitrogens with zero attached hydrogens (tertiary/aromatic N) is 5. The fourth-order valence-electron chi connectivity index (χ4n) is 3.56. The highest BCUT2D eigenvalue weighted by Gasteiger charge is 2.37. The molecule has 0 N–H and O–H groups in total. The Balaban J connectivity index is 1.46. The van der Waals surface area contributed by atoms with Crippen LogP contribution in [0.5, 0.6) is 0 Å². The van der Waals surface area contributed by atoms with Crippen LogP contribution in [-0.2, 0) is 0 Å². The smallest absolute Gasteiger partial charge is 0.272 e. The van der Waals surface area contributed by atoms with Crippen LogP contribution in [0.1, 0.15) is 16.2 Å². The van der Waals surface area contributed by atoms with Gasteiger partial charge in [0, 0.05) is 51.5 Å². The highest BCUT2D eigenvalue weighted by atomic mass is 16.2. The number of imidazole rings is 1. The van der Waals surface area contributed by atoms with Crippen molar-refractivity contribution in [3.05, 3.63) is 35.8 Å². The first-order chi connectivity index (χ1) is 11.1. The first-order valence-electron chi connectivity index (χ1n) is 8.29. The molecule has 6 heteroatoms. The summed E-state index contributed by atoms with van der Waals surface area (Å²) < 4.78 is 1.90. The third kappa shape index (κ3) is 2.52. The second-order valence-corrected chi connectivity index (χ2v) is 6.68. The highest BCUT2D eigenvalue weighted by Crippen LogP contribution is 2.21. The Labute approximate surface area is 136 Å². The van der Waals surface area contributed by atoms with Gasteiger partial charge < -0.3 is 9.80 Å². The standard InChI is InChI=1S/C17H23N5O/c1-13-16(22-6-4-3-5-15(22)18-13)17(23)21-11-14(12-21)20-9-7-19(2)8-10-20/h3-6,14H,7-12H2,1-2H3. The Bertz CT molecular complexity index is 726. The number of hydrogen-bond acceptors (Lipinski definition) is 4. The summed E-state index contributed by atoms with van der Waals surface area (Å²) in [7, 11) is 2.17. The zero-order valence-electron chi connectivity index (χ0n) is 13.8. The van der Waals surface area contributed by atoms with Crippen molar-refractivity contribution in [2.45, 2.75) is 13.0 Å². The monoisotopic (exact) mass is 313 g/mol. The molecule has 0 bridgehead atoms. The average Bonchev–Trinajstić information content (AvgIpc) is 2.83. The number of aryl methyl sites for hydroxylation is 1. The molecule has 2 saturated heterocycles. The lowest BCUT2D eigenvalue weighted by Crippen LogP contribution is -2.64. The van der Waals surface area contributed by atoms with Crippen LogP contribution in [0.15, 0.2) is 24.4 Å². The van der Waals surface area contributed by atoms with Gasteiger partial charge in [-0.15, -0.1) is 0 Å². The van der Waals surface area contributed by atoms with Crippen molar-refractivity contribution < 1.29 is 4.79 Å². The number of likely N-dealkylation sites (N-methyl/N-ethyl adjacent to an activating group) is 1. The Kier molecular flexibility index (Phi) is 3.58. The predicted octanol–water partition coefficient (Wildman–Crippen LogP) is 0.715. The lowest BCUT2D eigenvalue weighted by atomic mass is 10.0. The third-order valence-electron chi connectivity index (χ3n) is 5.11. The summed E-state index contributed by atoms with van der Waals surface area (Å²) in [6.45, 7) is 8.05. The molecular weight excluding hydrogens is 290 g/mol. The van der Waals surface area contributed by atoms with E-state index in [-0.39, 0.29) is 5.91 Å². The predicted molar refractivity (Wildman–Crippen MR) is 88.7 cm³/mol. The Morgan fingerprint density at radius 1 is 1.17 bits per heavy atom. The molecule has 2 aromatic heterocycles. The van der Waals surface area contributed by atoms with Gasteiger partial charge in [0.15, 0.2) is 0 Å². The minimum atomic E-state index is 0.103. The number of aromatic nitrogens is 2. The largest absolute Gasteiger partial charge is 0.334 e. The zero-order chi connectivity index (χ0) is 16.0. The summed E-state index contributed by atoms with van der Waals surface area (Å²) in [5.41, 5.74) is 2.35. The summed E-state index contributed by atoms with van der Waals surface area (Å²) in [5.74, 6) is 0.103. The second-order valence-electron chi connectivity index (χ2n) is 6.68. The number of pyridine rings is 1. The lowest BCUT2D eigenvalue weighted by molar-refractivity contribution is 0.0106. The number of rotatable bonds is 2. The molecule has 4 rings (SSSR count). The molecule has 0 saturated carbocycles. The first kappa shape index (κ1) is 14.7. The van der Waals surface area contributed by atoms with Crippen molar-refractivity contribution in [2.24, 2.45) is 0 Å². The molecule has 0 atom stereocenters. The number of hydrogen-bond donors (Lipinski definition) is 0. The zero-order valence-corrected chi connectivity index (χ0v) is 13.8. The molecule has 0 aliphatic carbocycles. The minimum absolute atomic E-state index is 0.103. The average molecular weight is 313 g/mol. The van der Waals surface area contributed by atoms with Crippen LogP contribution in [0.2, 0.25) is 0 Å². The van der Waals surface area contributed by atoms with Crippen LogP contribution >= 0.6 is 0 Å². The number of likely N-dealkylation sites (tertiary alicyclic amines) is 1. The van der Waals surface area contributed by atoms with E-state index in [1.807, 2.05) is 40.6 Å². The second kappa shape index (κ2) is 5.62. The first-order valence-corrected chi connectivity index (χ1v) is 8.29. The third-order valence-corrected chi connectivity index (χ3v) is 5.11. The molecule has 1 amide bonds. The number of carbonyl (C=O) groups is 1. The van der Waals surface area contributed by atoms with Crippen molar-refractivity contribution in [3.8, 4) is 0 Å². The Morgan fingerprint density at radius 3 is 2.65 bits per heavy atom. The minimum Gasteiger partial charge on any atom is -0.334 e. The Morgan fingerprint density at radius 2 is 1.91 bits per heavy atom. The molecule has 2 aliphatic rings. The van der Waals surface area contributed by atoms with Gasteiger partial charge in [-0.3, -0.25) is 14.1 Å². The van der Waals surface area contributed by atoms with Crippen LogP contribution in [0, 0.1) is 6.92 Å². The maximum absolute atomic E-state index is 12.8. The van der Waals surface area contributed by atoms with Crippen molar-refractivity contribution in [2.75, 3.05) is 46.3 Å². The van der Waals surface area contributed by atoms with Gasteiger partial charge in [-0.1, -0.05) is 6.07 Å². The SMILES string of the molecule is Cc1nc2ccccn2c1C(=O)N1CC(N2CCN(C)CC2)C1. The number of amides is 1. The van der Waals surface area contributed by atoms with E-state index in [4.69, 9.17) is 0 Å². The Hall–Kier alpha value is -1.92. The van der Waals surface area contributed by atoms with Crippen LogP contribution in [0.3, 0.4) is 0 Å². The fourth-order valence-corrected chi connectivity index (χ4v) is 3.56. The summed E-state index contributed by atoms with van der Waals surface area (Å²) in [6.07, 6.45) is 1.92. The molecule has 2 aliphatic heterocycles. The summed E-state index contributed by atoms with van der Waals surface area (Å²) >= 11 is 0. The van der Waals surface area contributed by atoms with Gasteiger partial charge >= 0.3 is 0 Å². The van der Waals surface area contributed by atoms with E-state index in [1.165, 1.54) is 0 Å². The molecule has 0 radical (unpaired) electrons. The topological polar surface area (TPSA) is 44.1 Å². The molecule has 0 spiro atoms. The number of carbonyl (C=O) groups excluding carboxylic acids is 1. The van der Waals surface area contributed by atoms with Crippen LogP contribution in [-0.4, -0.2) is 82.3 Å². The van der Waals surface area contributed by atoms with Crippen molar-refractivity contribution in [3.63, 3.8) is 0 Å². The van der Waals surface area contributed by atoms with Gasteiger partial charge in [0.25, 0.3) is 5.91 Å². The van der Waals surface area contributed by atoms with Gasteiger partial charge in [0.05, 0.1) is 5.69 Å². The van der Waals surface area contributed by atoms with E-state index in [0.29, 0.717) is 11.7 Å². The fraction of sp³-hybridized carbons (Fsp3) is 0.529. The number of fused-ring (bicyclic) bond motifs is 1. The maximum Gasteiger partial charge on any atom is 0.272 e. The quantitative estimate of drug-likeness (QED) is 0.819. The number of piperazine rings is 1. The van der Waals surface area contributed by atoms with Gasteiger partial charge in [-0.25, -0.2) is 4.98 Å². The molecule has 6 nitrogen and oxygen atoms in total. The summed E-state index contributed by atoms with van der Waals surface area (Å²) in [4.78, 5) is 24.2. The van der Waals surface area contributed by atoms with Crippen LogP contribution in [0.4, 0.5) is 0 Å². The molecular formula is C17H23N5O. The van der Waals surface area contributed by atoms with Gasteiger partial charge in [0.1, 0.15) is 11.3 Å². The summed E-state index contributed by atoms with van der Waals surface area (Å²) in [6, 6.07) is 6.34. The van der Waals surface area contributed by atoms with E-state index in [1.54, 1.807) is 0 Å². The molecule has 2 aromatic rings. The van der Waals surface area contributed by atoms with Gasteiger partial charge in [-0.2, -0.15) is 0 Å². The van der Waals surface area contributed by atoms with Crippen molar-refractivity contribution in [1.29, 1.82) is 0 Å². The van der Waals surface area contributed by atoms with E-state index >= 15 is 0 Å². The van der Waals surface area contributed by atoms with Gasteiger partial charge in [-0.05, 0) is 26.1 Å². The van der Waals surface area contributed by atoms with E-state index in [9.17, 15) is 4.79 Å². The molecule has 122 valence electrons. The lowest BCUT2D eigenvalue weighted by Gasteiger charge is -2.47. The van der Waals surface area contributed by atoms with E-state index in [2.05, 4.69) is 21.8 Å². The molecule has 0 aromatic carbocycles. The molecule has 23 heavy (non-hydrogen) atoms. The van der Waals surface area contributed by atoms with Gasteiger partial charge in [0.2, 0.25) is 0 Å². The van der Waals surface area contributed by atoms with Crippen molar-refractivity contribution in [1.82, 2.24) is 24.1 Å². The van der Waals surface area contributed by atoms with E-state index in [0.717, 1.165) is 50.6 Å². The van der Waals surface area contributed by atoms with Crippen LogP contribution < -0.4 is 0 Å². The summed E-state index contributed by atoms with van der Waals surface area (Å²) in [5, 5.41) is 0. The van der Waals surface area contributed by atoms with Crippen molar-refractivity contribution >= 4 is 11.6 Å².